The van der Waals surface area contributed by atoms with E-state index in [9.17, 15) is 0 Å². The molecule has 0 aromatic heterocycles. The van der Waals surface area contributed by atoms with Crippen LogP contribution in [0.1, 0.15) is 22.7 Å². The third-order valence-corrected chi connectivity index (χ3v) is 5.58. The molecule has 7 heteroatoms. The van der Waals surface area contributed by atoms with Crippen LogP contribution in [0.25, 0.3) is 0 Å². The van der Waals surface area contributed by atoms with Crippen molar-refractivity contribution in [1.82, 2.24) is 15.5 Å². The SMILES string of the molecule is CN=C(NCc1ccc(OC)cc1OC)NCC(c1ccc(C)cc1)N1CCOCC1. The van der Waals surface area contributed by atoms with Crippen molar-refractivity contribution in [2.45, 2.75) is 19.5 Å². The summed E-state index contributed by atoms with van der Waals surface area (Å²) in [6.07, 6.45) is 0. The van der Waals surface area contributed by atoms with Gasteiger partial charge in [0.1, 0.15) is 11.5 Å². The lowest BCUT2D eigenvalue weighted by molar-refractivity contribution is 0.0170. The summed E-state index contributed by atoms with van der Waals surface area (Å²) >= 11 is 0. The number of benzene rings is 2. The molecule has 1 fully saturated rings. The predicted molar refractivity (Wildman–Crippen MR) is 124 cm³/mol. The van der Waals surface area contributed by atoms with Crippen LogP contribution in [0, 0.1) is 6.92 Å². The zero-order valence-electron chi connectivity index (χ0n) is 19.0. The number of rotatable bonds is 8. The molecule has 2 aromatic rings. The molecule has 1 saturated heterocycles. The Morgan fingerprint density at radius 2 is 1.81 bits per heavy atom. The summed E-state index contributed by atoms with van der Waals surface area (Å²) in [7, 11) is 5.10. The van der Waals surface area contributed by atoms with Gasteiger partial charge < -0.3 is 24.8 Å². The maximum atomic E-state index is 5.56. The van der Waals surface area contributed by atoms with Crippen molar-refractivity contribution in [2.75, 3.05) is 54.1 Å². The maximum Gasteiger partial charge on any atom is 0.191 e. The van der Waals surface area contributed by atoms with Crippen LogP contribution < -0.4 is 20.1 Å². The minimum atomic E-state index is 0.249. The first-order valence-electron chi connectivity index (χ1n) is 10.7. The average Bonchev–Trinajstić information content (AvgIpc) is 2.82. The van der Waals surface area contributed by atoms with Gasteiger partial charge in [-0.25, -0.2) is 0 Å². The molecule has 31 heavy (non-hydrogen) atoms. The van der Waals surface area contributed by atoms with Gasteiger partial charge in [0.25, 0.3) is 0 Å². The molecule has 0 amide bonds. The van der Waals surface area contributed by atoms with E-state index in [1.807, 2.05) is 18.2 Å². The minimum absolute atomic E-state index is 0.249. The van der Waals surface area contributed by atoms with Crippen molar-refractivity contribution in [3.63, 3.8) is 0 Å². The zero-order chi connectivity index (χ0) is 22.1. The van der Waals surface area contributed by atoms with Crippen molar-refractivity contribution in [2.24, 2.45) is 4.99 Å². The Morgan fingerprint density at radius 3 is 2.45 bits per heavy atom. The molecule has 2 aromatic carbocycles. The van der Waals surface area contributed by atoms with Crippen LogP contribution in [0.15, 0.2) is 47.5 Å². The predicted octanol–water partition coefficient (Wildman–Crippen LogP) is 2.75. The summed E-state index contributed by atoms with van der Waals surface area (Å²) in [6.45, 7) is 6.86. The Bertz CT molecular complexity index is 848. The molecule has 1 aliphatic heterocycles. The summed E-state index contributed by atoms with van der Waals surface area (Å²) in [6, 6.07) is 14.8. The number of morpholine rings is 1. The molecule has 0 spiro atoms. The lowest BCUT2D eigenvalue weighted by Crippen LogP contribution is -2.46. The number of nitrogens with one attached hydrogen (secondary N) is 2. The molecule has 168 valence electrons. The van der Waals surface area contributed by atoms with E-state index in [0.717, 1.165) is 55.9 Å². The summed E-state index contributed by atoms with van der Waals surface area (Å²) in [5.74, 6) is 2.31. The summed E-state index contributed by atoms with van der Waals surface area (Å²) < 4.78 is 16.3. The van der Waals surface area contributed by atoms with Gasteiger partial charge in [-0.3, -0.25) is 9.89 Å². The quantitative estimate of drug-likeness (QED) is 0.500. The summed E-state index contributed by atoms with van der Waals surface area (Å²) in [4.78, 5) is 6.88. The smallest absolute Gasteiger partial charge is 0.191 e. The van der Waals surface area contributed by atoms with Crippen LogP contribution in [0.5, 0.6) is 11.5 Å². The Hall–Kier alpha value is -2.77. The number of hydrogen-bond donors (Lipinski definition) is 2. The average molecular weight is 427 g/mol. The van der Waals surface area contributed by atoms with Gasteiger partial charge in [0.2, 0.25) is 0 Å². The highest BCUT2D eigenvalue weighted by Crippen LogP contribution is 2.24. The Morgan fingerprint density at radius 1 is 1.06 bits per heavy atom. The molecular formula is C24H34N4O3. The van der Waals surface area contributed by atoms with Crippen LogP contribution in [-0.4, -0.2) is 65.0 Å². The van der Waals surface area contributed by atoms with Crippen molar-refractivity contribution < 1.29 is 14.2 Å². The van der Waals surface area contributed by atoms with Crippen LogP contribution in [0.2, 0.25) is 0 Å². The molecule has 1 unspecified atom stereocenters. The van der Waals surface area contributed by atoms with Crippen LogP contribution in [0.4, 0.5) is 0 Å². The number of aryl methyl sites for hydroxylation is 1. The number of ether oxygens (including phenoxy) is 3. The highest BCUT2D eigenvalue weighted by molar-refractivity contribution is 5.79. The Labute approximate surface area is 185 Å². The normalized spacial score (nSPS) is 15.9. The lowest BCUT2D eigenvalue weighted by Gasteiger charge is -2.35. The van der Waals surface area contributed by atoms with Crippen LogP contribution >= 0.6 is 0 Å². The van der Waals surface area contributed by atoms with E-state index in [-0.39, 0.29) is 6.04 Å². The first-order chi connectivity index (χ1) is 15.1. The lowest BCUT2D eigenvalue weighted by atomic mass is 10.0. The molecule has 7 nitrogen and oxygen atoms in total. The van der Waals surface area contributed by atoms with Crippen LogP contribution in [-0.2, 0) is 11.3 Å². The fraction of sp³-hybridized carbons (Fsp3) is 0.458. The minimum Gasteiger partial charge on any atom is -0.497 e. The fourth-order valence-electron chi connectivity index (χ4n) is 3.73. The van der Waals surface area contributed by atoms with Gasteiger partial charge in [0, 0.05) is 44.9 Å². The third-order valence-electron chi connectivity index (χ3n) is 5.58. The van der Waals surface area contributed by atoms with Gasteiger partial charge >= 0.3 is 0 Å². The van der Waals surface area contributed by atoms with E-state index >= 15 is 0 Å². The summed E-state index contributed by atoms with van der Waals surface area (Å²) in [5, 5.41) is 6.89. The zero-order valence-corrected chi connectivity index (χ0v) is 19.0. The number of guanidine groups is 1. The number of aliphatic imine (C=N–C) groups is 1. The van der Waals surface area contributed by atoms with E-state index < -0.39 is 0 Å². The van der Waals surface area contributed by atoms with Gasteiger partial charge in [-0.2, -0.15) is 0 Å². The van der Waals surface area contributed by atoms with E-state index in [1.54, 1.807) is 21.3 Å². The highest BCUT2D eigenvalue weighted by Gasteiger charge is 2.23. The molecule has 0 bridgehead atoms. The van der Waals surface area contributed by atoms with Crippen molar-refractivity contribution in [3.05, 3.63) is 59.2 Å². The molecule has 1 heterocycles. The number of nitrogens with zero attached hydrogens (tertiary/aromatic N) is 2. The molecule has 1 aliphatic rings. The van der Waals surface area contributed by atoms with Crippen LogP contribution in [0.3, 0.4) is 0 Å². The second-order valence-electron chi connectivity index (χ2n) is 7.56. The fourth-order valence-corrected chi connectivity index (χ4v) is 3.73. The van der Waals surface area contributed by atoms with E-state index in [0.29, 0.717) is 6.54 Å². The second kappa shape index (κ2) is 11.6. The van der Waals surface area contributed by atoms with Gasteiger partial charge in [0.15, 0.2) is 5.96 Å². The van der Waals surface area contributed by atoms with E-state index in [2.05, 4.69) is 51.7 Å². The molecule has 3 rings (SSSR count). The van der Waals surface area contributed by atoms with Gasteiger partial charge in [0.05, 0.1) is 33.5 Å². The van der Waals surface area contributed by atoms with Gasteiger partial charge in [-0.1, -0.05) is 29.8 Å². The number of hydrogen-bond acceptors (Lipinski definition) is 5. The molecule has 2 N–H and O–H groups in total. The number of methoxy groups -OCH3 is 2. The molecule has 0 radical (unpaired) electrons. The van der Waals surface area contributed by atoms with E-state index in [1.165, 1.54) is 11.1 Å². The summed E-state index contributed by atoms with van der Waals surface area (Å²) in [5.41, 5.74) is 3.60. The largest absolute Gasteiger partial charge is 0.497 e. The first-order valence-corrected chi connectivity index (χ1v) is 10.7. The standard InChI is InChI=1S/C24H34N4O3/c1-18-5-7-19(8-6-18)22(28-11-13-31-14-12-28)17-27-24(25-2)26-16-20-9-10-21(29-3)15-23(20)30-4/h5-10,15,22H,11-14,16-17H2,1-4H3,(H2,25,26,27). The topological polar surface area (TPSA) is 67.4 Å². The van der Waals surface area contributed by atoms with Crippen molar-refractivity contribution in [3.8, 4) is 11.5 Å². The van der Waals surface area contributed by atoms with Crippen molar-refractivity contribution in [1.29, 1.82) is 0 Å². The molecule has 0 saturated carbocycles. The second-order valence-corrected chi connectivity index (χ2v) is 7.56. The Kier molecular flexibility index (Phi) is 8.55. The Balaban J connectivity index is 1.64. The van der Waals surface area contributed by atoms with Gasteiger partial charge in [-0.15, -0.1) is 0 Å². The molecule has 0 aliphatic carbocycles. The molecule has 1 atom stereocenters. The highest BCUT2D eigenvalue weighted by atomic mass is 16.5. The first kappa shape index (κ1) is 22.9. The monoisotopic (exact) mass is 426 g/mol. The van der Waals surface area contributed by atoms with Gasteiger partial charge in [-0.05, 0) is 24.6 Å². The van der Waals surface area contributed by atoms with E-state index in [4.69, 9.17) is 14.2 Å². The van der Waals surface area contributed by atoms with Crippen molar-refractivity contribution >= 4 is 5.96 Å². The third kappa shape index (κ3) is 6.35. The molecular weight excluding hydrogens is 392 g/mol. The maximum absolute atomic E-state index is 5.56.